The van der Waals surface area contributed by atoms with Crippen LogP contribution >= 0.6 is 11.3 Å². The van der Waals surface area contributed by atoms with Crippen LogP contribution in [0.2, 0.25) is 0 Å². The Balaban J connectivity index is 1.67. The largest absolute Gasteiger partial charge is 0.507 e. The van der Waals surface area contributed by atoms with E-state index in [9.17, 15) is 4.79 Å². The summed E-state index contributed by atoms with van der Waals surface area (Å²) < 4.78 is 13.1. The van der Waals surface area contributed by atoms with Crippen LogP contribution in [0, 0.1) is 0 Å². The molecule has 1 amide bonds. The van der Waals surface area contributed by atoms with E-state index in [0.717, 1.165) is 22.6 Å². The van der Waals surface area contributed by atoms with Gasteiger partial charge >= 0.3 is 13.2 Å². The molecule has 3 heterocycles. The minimum absolute atomic E-state index is 0.326. The van der Waals surface area contributed by atoms with Gasteiger partial charge in [0.2, 0.25) is 0 Å². The average Bonchev–Trinajstić information content (AvgIpc) is 3.02. The van der Waals surface area contributed by atoms with E-state index in [4.69, 9.17) is 14.4 Å². The standard InChI is InChI=1S/C15H23BN2O4S/c1-14(2)15(3,4)22-16(21-14)11-9-17-12(23-11)10-5-7-18(8-6-10)13(19)20/h9-10H,5-8H2,1-4H3,(H,19,20). The van der Waals surface area contributed by atoms with E-state index in [1.807, 2.05) is 33.9 Å². The van der Waals surface area contributed by atoms with E-state index in [2.05, 4.69) is 4.98 Å². The van der Waals surface area contributed by atoms with Gasteiger partial charge in [-0.2, -0.15) is 0 Å². The number of carbonyl (C=O) groups is 1. The Morgan fingerprint density at radius 1 is 1.30 bits per heavy atom. The molecule has 1 N–H and O–H groups in total. The van der Waals surface area contributed by atoms with Gasteiger partial charge in [-0.05, 0) is 40.5 Å². The lowest BCUT2D eigenvalue weighted by molar-refractivity contribution is 0.00578. The monoisotopic (exact) mass is 338 g/mol. The highest BCUT2D eigenvalue weighted by Crippen LogP contribution is 2.37. The van der Waals surface area contributed by atoms with Gasteiger partial charge in [-0.25, -0.2) is 9.78 Å². The fraction of sp³-hybridized carbons (Fsp3) is 0.733. The Labute approximate surface area is 140 Å². The van der Waals surface area contributed by atoms with Crippen LogP contribution in [0.3, 0.4) is 0 Å². The van der Waals surface area contributed by atoms with Crippen LogP contribution in [-0.2, 0) is 9.31 Å². The predicted molar refractivity (Wildman–Crippen MR) is 89.4 cm³/mol. The third-order valence-electron chi connectivity index (χ3n) is 5.14. The van der Waals surface area contributed by atoms with E-state index in [1.165, 1.54) is 4.90 Å². The molecule has 0 unspecified atom stereocenters. The van der Waals surface area contributed by atoms with Gasteiger partial charge in [0.25, 0.3) is 0 Å². The summed E-state index contributed by atoms with van der Waals surface area (Å²) in [5.74, 6) is 0.326. The maximum Gasteiger partial charge on any atom is 0.507 e. The number of rotatable bonds is 2. The molecule has 2 fully saturated rings. The average molecular weight is 338 g/mol. The van der Waals surface area contributed by atoms with Crippen LogP contribution in [-0.4, -0.2) is 52.5 Å². The van der Waals surface area contributed by atoms with Crippen molar-refractivity contribution in [2.45, 2.75) is 57.7 Å². The molecule has 0 radical (unpaired) electrons. The summed E-state index contributed by atoms with van der Waals surface area (Å²) in [6.45, 7) is 9.30. The highest BCUT2D eigenvalue weighted by atomic mass is 32.1. The normalized spacial score (nSPS) is 24.2. The molecule has 1 aromatic heterocycles. The fourth-order valence-corrected chi connectivity index (χ4v) is 3.92. The Bertz CT molecular complexity index is 580. The first-order chi connectivity index (χ1) is 10.7. The van der Waals surface area contributed by atoms with Crippen molar-refractivity contribution in [3.63, 3.8) is 0 Å². The first kappa shape index (κ1) is 16.7. The summed E-state index contributed by atoms with van der Waals surface area (Å²) in [7, 11) is -0.370. The van der Waals surface area contributed by atoms with Crippen molar-refractivity contribution in [1.82, 2.24) is 9.88 Å². The molecule has 0 spiro atoms. The molecule has 6 nitrogen and oxygen atoms in total. The van der Waals surface area contributed by atoms with Crippen molar-refractivity contribution < 1.29 is 19.2 Å². The summed E-state index contributed by atoms with van der Waals surface area (Å²) in [6.07, 6.45) is 2.65. The van der Waals surface area contributed by atoms with Crippen molar-refractivity contribution in [1.29, 1.82) is 0 Å². The smallest absolute Gasteiger partial charge is 0.465 e. The van der Waals surface area contributed by atoms with Gasteiger partial charge in [0, 0.05) is 25.2 Å². The number of hydrogen-bond acceptors (Lipinski definition) is 5. The molecule has 126 valence electrons. The van der Waals surface area contributed by atoms with Gasteiger partial charge in [0.15, 0.2) is 0 Å². The highest BCUT2D eigenvalue weighted by Gasteiger charge is 2.52. The molecule has 23 heavy (non-hydrogen) atoms. The lowest BCUT2D eigenvalue weighted by Crippen LogP contribution is -2.41. The van der Waals surface area contributed by atoms with Gasteiger partial charge in [0.1, 0.15) is 0 Å². The third-order valence-corrected chi connectivity index (χ3v) is 6.32. The molecule has 2 aliphatic heterocycles. The Morgan fingerprint density at radius 2 is 1.87 bits per heavy atom. The SMILES string of the molecule is CC1(C)OB(c2cnc(C3CCN(C(=O)O)CC3)s2)OC1(C)C. The maximum atomic E-state index is 11.0. The van der Waals surface area contributed by atoms with Gasteiger partial charge in [-0.15, -0.1) is 11.3 Å². The minimum Gasteiger partial charge on any atom is -0.465 e. The van der Waals surface area contributed by atoms with Crippen molar-refractivity contribution >= 4 is 29.3 Å². The lowest BCUT2D eigenvalue weighted by Gasteiger charge is -2.32. The maximum absolute atomic E-state index is 11.0. The number of thiazole rings is 1. The lowest BCUT2D eigenvalue weighted by atomic mass is 9.89. The quantitative estimate of drug-likeness (QED) is 0.838. The first-order valence-corrected chi connectivity index (χ1v) is 8.80. The Hall–Kier alpha value is -1.12. The number of carboxylic acid groups (broad SMARTS) is 1. The summed E-state index contributed by atoms with van der Waals surface area (Å²) in [5, 5.41) is 10.1. The molecule has 2 aliphatic rings. The van der Waals surface area contributed by atoms with E-state index in [-0.39, 0.29) is 18.3 Å². The molecule has 0 atom stereocenters. The summed E-state index contributed by atoms with van der Waals surface area (Å²) >= 11 is 1.62. The molecule has 0 aliphatic carbocycles. The molecule has 1 aromatic rings. The summed E-state index contributed by atoms with van der Waals surface area (Å²) in [6, 6.07) is 0. The zero-order valence-electron chi connectivity index (χ0n) is 14.0. The summed E-state index contributed by atoms with van der Waals surface area (Å²) in [5.41, 5.74) is -0.705. The van der Waals surface area contributed by atoms with Crippen LogP contribution in [0.25, 0.3) is 0 Å². The highest BCUT2D eigenvalue weighted by molar-refractivity contribution is 7.22. The molecule has 3 rings (SSSR count). The van der Waals surface area contributed by atoms with E-state index < -0.39 is 6.09 Å². The van der Waals surface area contributed by atoms with Gasteiger partial charge in [0.05, 0.1) is 21.0 Å². The van der Waals surface area contributed by atoms with Gasteiger partial charge in [-0.1, -0.05) is 0 Å². The van der Waals surface area contributed by atoms with Crippen molar-refractivity contribution in [3.8, 4) is 0 Å². The van der Waals surface area contributed by atoms with Crippen LogP contribution in [0.1, 0.15) is 51.5 Å². The molecular weight excluding hydrogens is 315 g/mol. The van der Waals surface area contributed by atoms with E-state index >= 15 is 0 Å². The minimum atomic E-state index is -0.833. The second kappa shape index (κ2) is 5.75. The topological polar surface area (TPSA) is 71.9 Å². The van der Waals surface area contributed by atoms with E-state index in [0.29, 0.717) is 19.0 Å². The fourth-order valence-electron chi connectivity index (χ4n) is 2.88. The van der Waals surface area contributed by atoms with Crippen LogP contribution < -0.4 is 4.78 Å². The number of aromatic nitrogens is 1. The Kier molecular flexibility index (Phi) is 4.19. The van der Waals surface area contributed by atoms with Crippen LogP contribution in [0.15, 0.2) is 6.20 Å². The molecule has 2 saturated heterocycles. The number of piperidine rings is 1. The predicted octanol–water partition coefficient (Wildman–Crippen LogP) is 2.30. The zero-order chi connectivity index (χ0) is 16.8. The molecule has 0 aromatic carbocycles. The first-order valence-electron chi connectivity index (χ1n) is 7.99. The second-order valence-corrected chi connectivity index (χ2v) is 8.33. The molecule has 8 heteroatoms. The van der Waals surface area contributed by atoms with Crippen LogP contribution in [0.5, 0.6) is 0 Å². The third kappa shape index (κ3) is 3.12. The second-order valence-electron chi connectivity index (χ2n) is 7.23. The van der Waals surface area contributed by atoms with Crippen LogP contribution in [0.4, 0.5) is 4.79 Å². The summed E-state index contributed by atoms with van der Waals surface area (Å²) in [4.78, 5) is 17.0. The van der Waals surface area contributed by atoms with Crippen molar-refractivity contribution in [2.75, 3.05) is 13.1 Å². The van der Waals surface area contributed by atoms with Crippen molar-refractivity contribution in [3.05, 3.63) is 11.2 Å². The molecule has 0 bridgehead atoms. The van der Waals surface area contributed by atoms with Gasteiger partial charge < -0.3 is 19.3 Å². The van der Waals surface area contributed by atoms with E-state index in [1.54, 1.807) is 11.3 Å². The zero-order valence-corrected chi connectivity index (χ0v) is 14.9. The number of nitrogens with zero attached hydrogens (tertiary/aromatic N) is 2. The Morgan fingerprint density at radius 3 is 2.39 bits per heavy atom. The molecule has 0 saturated carbocycles. The van der Waals surface area contributed by atoms with Gasteiger partial charge in [-0.3, -0.25) is 0 Å². The van der Waals surface area contributed by atoms with Crippen molar-refractivity contribution in [2.24, 2.45) is 0 Å². The number of amides is 1. The number of likely N-dealkylation sites (tertiary alicyclic amines) is 1. The number of hydrogen-bond donors (Lipinski definition) is 1. The molecular formula is C15H23BN2O4S.